The number of unbranched alkanes of at least 4 members (excludes halogenated alkanes) is 1. The number of anilines is 1. The molecule has 0 aromatic heterocycles. The van der Waals surface area contributed by atoms with E-state index >= 15 is 0 Å². The standard InChI is InChI=1S/C12H13N3O4/c13-8-9-4-5-11(15(18)19)10(7-9)14-6-2-1-3-12(16)17/h4-5,7,14H,1-3,6H2,(H,16,17). The van der Waals surface area contributed by atoms with E-state index in [2.05, 4.69) is 5.32 Å². The Hall–Kier alpha value is -2.62. The van der Waals surface area contributed by atoms with Gasteiger partial charge in [-0.15, -0.1) is 0 Å². The molecule has 0 unspecified atom stereocenters. The molecular formula is C12H13N3O4. The van der Waals surface area contributed by atoms with Gasteiger partial charge in [-0.1, -0.05) is 0 Å². The number of benzene rings is 1. The number of carboxylic acid groups (broad SMARTS) is 1. The maximum absolute atomic E-state index is 10.8. The van der Waals surface area contributed by atoms with Gasteiger partial charge in [-0.25, -0.2) is 0 Å². The first-order valence-electron chi connectivity index (χ1n) is 5.69. The van der Waals surface area contributed by atoms with Crippen LogP contribution in [0.5, 0.6) is 0 Å². The van der Waals surface area contributed by atoms with Crippen molar-refractivity contribution in [1.29, 1.82) is 5.26 Å². The van der Waals surface area contributed by atoms with E-state index in [0.29, 0.717) is 24.9 Å². The molecule has 0 bridgehead atoms. The zero-order valence-electron chi connectivity index (χ0n) is 10.1. The summed E-state index contributed by atoms with van der Waals surface area (Å²) in [5.41, 5.74) is 0.509. The Labute approximate surface area is 109 Å². The monoisotopic (exact) mass is 263 g/mol. The van der Waals surface area contributed by atoms with Gasteiger partial charge < -0.3 is 10.4 Å². The number of nitro groups is 1. The fourth-order valence-electron chi connectivity index (χ4n) is 1.53. The Morgan fingerprint density at radius 1 is 1.47 bits per heavy atom. The first-order valence-corrected chi connectivity index (χ1v) is 5.69. The van der Waals surface area contributed by atoms with E-state index in [4.69, 9.17) is 10.4 Å². The summed E-state index contributed by atoms with van der Waals surface area (Å²) in [7, 11) is 0. The van der Waals surface area contributed by atoms with Gasteiger partial charge in [0.25, 0.3) is 5.69 Å². The second-order valence-electron chi connectivity index (χ2n) is 3.88. The molecule has 0 aliphatic rings. The van der Waals surface area contributed by atoms with Crippen molar-refractivity contribution in [3.8, 4) is 6.07 Å². The van der Waals surface area contributed by atoms with E-state index in [1.54, 1.807) is 0 Å². The fourth-order valence-corrected chi connectivity index (χ4v) is 1.53. The van der Waals surface area contributed by atoms with Crippen LogP contribution in [0.25, 0.3) is 0 Å². The number of rotatable bonds is 7. The molecule has 2 N–H and O–H groups in total. The molecule has 0 saturated heterocycles. The minimum absolute atomic E-state index is 0.0714. The van der Waals surface area contributed by atoms with E-state index in [0.717, 1.165) is 0 Å². The quantitative estimate of drug-likeness (QED) is 0.442. The lowest BCUT2D eigenvalue weighted by atomic mass is 10.1. The molecule has 0 aliphatic carbocycles. The number of carbonyl (C=O) groups is 1. The van der Waals surface area contributed by atoms with Crippen LogP contribution in [0.15, 0.2) is 18.2 Å². The van der Waals surface area contributed by atoms with E-state index < -0.39 is 10.9 Å². The highest BCUT2D eigenvalue weighted by Gasteiger charge is 2.13. The molecule has 0 heterocycles. The third-order valence-electron chi connectivity index (χ3n) is 2.46. The third kappa shape index (κ3) is 4.63. The van der Waals surface area contributed by atoms with Crippen LogP contribution in [-0.4, -0.2) is 22.5 Å². The first kappa shape index (κ1) is 14.4. The Morgan fingerprint density at radius 3 is 2.79 bits per heavy atom. The van der Waals surface area contributed by atoms with Crippen molar-refractivity contribution in [3.63, 3.8) is 0 Å². The predicted octanol–water partition coefficient (Wildman–Crippen LogP) is 2.13. The molecule has 0 saturated carbocycles. The smallest absolute Gasteiger partial charge is 0.303 e. The Balaban J connectivity index is 2.63. The number of nitro benzene ring substituents is 1. The lowest BCUT2D eigenvalue weighted by molar-refractivity contribution is -0.384. The SMILES string of the molecule is N#Cc1ccc([N+](=O)[O-])c(NCCCCC(=O)O)c1. The average Bonchev–Trinajstić information content (AvgIpc) is 2.37. The summed E-state index contributed by atoms with van der Waals surface area (Å²) in [5, 5.41) is 30.9. The molecule has 1 aromatic rings. The molecule has 0 aliphatic heterocycles. The van der Waals surface area contributed by atoms with Crippen LogP contribution in [0.3, 0.4) is 0 Å². The zero-order chi connectivity index (χ0) is 14.3. The molecule has 0 atom stereocenters. The van der Waals surface area contributed by atoms with Gasteiger partial charge in [0.15, 0.2) is 0 Å². The van der Waals surface area contributed by atoms with Gasteiger partial charge in [0.1, 0.15) is 5.69 Å². The molecule has 7 nitrogen and oxygen atoms in total. The van der Waals surface area contributed by atoms with Crippen molar-refractivity contribution >= 4 is 17.3 Å². The van der Waals surface area contributed by atoms with Crippen molar-refractivity contribution in [2.24, 2.45) is 0 Å². The largest absolute Gasteiger partial charge is 0.481 e. The summed E-state index contributed by atoms with van der Waals surface area (Å²) < 4.78 is 0. The van der Waals surface area contributed by atoms with Crippen molar-refractivity contribution in [3.05, 3.63) is 33.9 Å². The number of aliphatic carboxylic acids is 1. The van der Waals surface area contributed by atoms with Gasteiger partial charge in [0.2, 0.25) is 0 Å². The van der Waals surface area contributed by atoms with Crippen LogP contribution in [-0.2, 0) is 4.79 Å². The Kier molecular flexibility index (Phi) is 5.29. The number of hydrogen-bond donors (Lipinski definition) is 2. The van der Waals surface area contributed by atoms with Crippen molar-refractivity contribution in [2.45, 2.75) is 19.3 Å². The van der Waals surface area contributed by atoms with Crippen molar-refractivity contribution < 1.29 is 14.8 Å². The molecule has 0 fully saturated rings. The minimum Gasteiger partial charge on any atom is -0.481 e. The topological polar surface area (TPSA) is 116 Å². The summed E-state index contributed by atoms with van der Waals surface area (Å²) in [5.74, 6) is -0.863. The van der Waals surface area contributed by atoms with Gasteiger partial charge in [0.05, 0.1) is 16.6 Å². The second kappa shape index (κ2) is 6.96. The van der Waals surface area contributed by atoms with Gasteiger partial charge in [0, 0.05) is 19.0 Å². The maximum atomic E-state index is 10.8. The highest BCUT2D eigenvalue weighted by atomic mass is 16.6. The highest BCUT2D eigenvalue weighted by molar-refractivity contribution is 5.66. The predicted molar refractivity (Wildman–Crippen MR) is 67.8 cm³/mol. The van der Waals surface area contributed by atoms with Gasteiger partial charge >= 0.3 is 5.97 Å². The van der Waals surface area contributed by atoms with E-state index in [1.165, 1.54) is 18.2 Å². The Bertz CT molecular complexity index is 522. The molecule has 0 amide bonds. The summed E-state index contributed by atoms with van der Waals surface area (Å²) in [4.78, 5) is 20.6. The van der Waals surface area contributed by atoms with E-state index in [9.17, 15) is 14.9 Å². The average molecular weight is 263 g/mol. The van der Waals surface area contributed by atoms with E-state index in [1.807, 2.05) is 6.07 Å². The summed E-state index contributed by atoms with van der Waals surface area (Å²) in [6, 6.07) is 5.98. The zero-order valence-corrected chi connectivity index (χ0v) is 10.1. The molecule has 1 rings (SSSR count). The van der Waals surface area contributed by atoms with Crippen molar-refractivity contribution in [2.75, 3.05) is 11.9 Å². The van der Waals surface area contributed by atoms with Gasteiger partial charge in [-0.2, -0.15) is 5.26 Å². The van der Waals surface area contributed by atoms with Crippen LogP contribution in [0.1, 0.15) is 24.8 Å². The van der Waals surface area contributed by atoms with Crippen LogP contribution >= 0.6 is 0 Å². The Morgan fingerprint density at radius 2 is 2.21 bits per heavy atom. The normalized spacial score (nSPS) is 9.63. The minimum atomic E-state index is -0.863. The van der Waals surface area contributed by atoms with E-state index in [-0.39, 0.29) is 17.8 Å². The summed E-state index contributed by atoms with van der Waals surface area (Å²) in [6.07, 6.45) is 1.15. The number of nitriles is 1. The fraction of sp³-hybridized carbons (Fsp3) is 0.333. The molecule has 0 spiro atoms. The maximum Gasteiger partial charge on any atom is 0.303 e. The van der Waals surface area contributed by atoms with Crippen LogP contribution in [0, 0.1) is 21.4 Å². The van der Waals surface area contributed by atoms with Crippen LogP contribution in [0.4, 0.5) is 11.4 Å². The number of nitrogens with zero attached hydrogens (tertiary/aromatic N) is 2. The molecule has 19 heavy (non-hydrogen) atoms. The molecule has 1 aromatic carbocycles. The van der Waals surface area contributed by atoms with Crippen molar-refractivity contribution in [1.82, 2.24) is 0 Å². The molecular weight excluding hydrogens is 250 g/mol. The second-order valence-corrected chi connectivity index (χ2v) is 3.88. The lowest BCUT2D eigenvalue weighted by Crippen LogP contribution is -2.05. The summed E-state index contributed by atoms with van der Waals surface area (Å²) in [6.45, 7) is 0.420. The first-order chi connectivity index (χ1) is 9.04. The molecule has 100 valence electrons. The molecule has 0 radical (unpaired) electrons. The van der Waals surface area contributed by atoms with Gasteiger partial charge in [-0.05, 0) is 25.0 Å². The summed E-state index contributed by atoms with van der Waals surface area (Å²) >= 11 is 0. The highest BCUT2D eigenvalue weighted by Crippen LogP contribution is 2.25. The lowest BCUT2D eigenvalue weighted by Gasteiger charge is -2.06. The van der Waals surface area contributed by atoms with Crippen LogP contribution < -0.4 is 5.32 Å². The van der Waals surface area contributed by atoms with Gasteiger partial charge in [-0.3, -0.25) is 14.9 Å². The number of nitrogens with one attached hydrogen (secondary N) is 1. The third-order valence-corrected chi connectivity index (χ3v) is 2.46. The molecule has 7 heteroatoms. The van der Waals surface area contributed by atoms with Crippen LogP contribution in [0.2, 0.25) is 0 Å². The number of hydrogen-bond acceptors (Lipinski definition) is 5. The number of carboxylic acids is 1.